The van der Waals surface area contributed by atoms with E-state index in [1.807, 2.05) is 37.3 Å². The Hall–Kier alpha value is -4.29. The second-order valence-electron chi connectivity index (χ2n) is 8.52. The van der Waals surface area contributed by atoms with E-state index in [9.17, 15) is 4.79 Å². The van der Waals surface area contributed by atoms with Gasteiger partial charge >= 0.3 is 0 Å². The first-order valence-electron chi connectivity index (χ1n) is 10.9. The van der Waals surface area contributed by atoms with E-state index in [2.05, 4.69) is 34.2 Å². The summed E-state index contributed by atoms with van der Waals surface area (Å²) in [6.45, 7) is 3.07. The highest BCUT2D eigenvalue weighted by molar-refractivity contribution is 5.93. The van der Waals surface area contributed by atoms with E-state index in [-0.39, 0.29) is 11.8 Å². The van der Waals surface area contributed by atoms with Crippen molar-refractivity contribution in [2.75, 3.05) is 13.1 Å². The predicted molar refractivity (Wildman–Crippen MR) is 125 cm³/mol. The lowest BCUT2D eigenvalue weighted by atomic mass is 9.98. The fourth-order valence-electron chi connectivity index (χ4n) is 4.54. The second kappa shape index (κ2) is 8.33. The average Bonchev–Trinajstić information content (AvgIpc) is 3.50. The average molecular weight is 431 g/mol. The molecule has 0 bridgehead atoms. The van der Waals surface area contributed by atoms with Crippen LogP contribution in [0.1, 0.15) is 44.9 Å². The highest BCUT2D eigenvalue weighted by Crippen LogP contribution is 2.34. The van der Waals surface area contributed by atoms with E-state index in [4.69, 9.17) is 10.5 Å². The van der Waals surface area contributed by atoms with E-state index in [0.29, 0.717) is 36.5 Å². The topological polar surface area (TPSA) is 93.7 Å². The van der Waals surface area contributed by atoms with E-state index < -0.39 is 0 Å². The minimum absolute atomic E-state index is 0.0984. The number of nitriles is 2. The fourth-order valence-corrected chi connectivity index (χ4v) is 4.54. The van der Waals surface area contributed by atoms with Gasteiger partial charge in [-0.2, -0.15) is 10.5 Å². The summed E-state index contributed by atoms with van der Waals surface area (Å²) in [5.74, 6) is -0.235. The van der Waals surface area contributed by atoms with Gasteiger partial charge in [0.05, 0.1) is 35.0 Å². The van der Waals surface area contributed by atoms with Crippen molar-refractivity contribution in [1.82, 2.24) is 14.9 Å². The van der Waals surface area contributed by atoms with Crippen LogP contribution < -0.4 is 0 Å². The Morgan fingerprint density at radius 3 is 2.82 bits per heavy atom. The molecule has 6 nitrogen and oxygen atoms in total. The predicted octanol–water partition coefficient (Wildman–Crippen LogP) is 4.41. The molecule has 3 heterocycles. The first-order valence-corrected chi connectivity index (χ1v) is 10.9. The zero-order valence-corrected chi connectivity index (χ0v) is 18.2. The van der Waals surface area contributed by atoms with Crippen molar-refractivity contribution in [2.45, 2.75) is 19.8 Å². The van der Waals surface area contributed by atoms with Gasteiger partial charge in [0.15, 0.2) is 0 Å². The molecule has 1 aromatic carbocycles. The summed E-state index contributed by atoms with van der Waals surface area (Å²) in [6, 6.07) is 17.7. The van der Waals surface area contributed by atoms with Gasteiger partial charge in [0.25, 0.3) is 5.91 Å². The number of carbonyl (C=O) groups is 1. The van der Waals surface area contributed by atoms with Crippen LogP contribution in [0.4, 0.5) is 0 Å². The molecule has 0 saturated carbocycles. The van der Waals surface area contributed by atoms with Gasteiger partial charge < -0.3 is 4.90 Å². The van der Waals surface area contributed by atoms with Crippen LogP contribution in [0.25, 0.3) is 22.9 Å². The summed E-state index contributed by atoms with van der Waals surface area (Å²) in [5, 5.41) is 18.2. The SMILES string of the molecule is Cc1cc(C#N)ccc1C1=Cc2cc(-c3cccc(C(=O)N4CCC(C#N)C4)n3)cnc2C1. The third-order valence-corrected chi connectivity index (χ3v) is 6.31. The molecule has 0 N–H and O–H groups in total. The molecule has 160 valence electrons. The van der Waals surface area contributed by atoms with Crippen LogP contribution >= 0.6 is 0 Å². The summed E-state index contributed by atoms with van der Waals surface area (Å²) in [4.78, 5) is 23.9. The van der Waals surface area contributed by atoms with Gasteiger partial charge in [-0.3, -0.25) is 9.78 Å². The quantitative estimate of drug-likeness (QED) is 0.612. The molecule has 1 aliphatic heterocycles. The maximum absolute atomic E-state index is 12.9. The Labute approximate surface area is 192 Å². The van der Waals surface area contributed by atoms with E-state index >= 15 is 0 Å². The third-order valence-electron chi connectivity index (χ3n) is 6.31. The molecule has 2 aromatic heterocycles. The molecule has 3 aromatic rings. The summed E-state index contributed by atoms with van der Waals surface area (Å²) in [5.41, 5.74) is 8.02. The van der Waals surface area contributed by atoms with Crippen LogP contribution in [0.15, 0.2) is 48.7 Å². The lowest BCUT2D eigenvalue weighted by Gasteiger charge is -2.15. The molecule has 0 radical (unpaired) electrons. The molecular formula is C27H21N5O. The first kappa shape index (κ1) is 20.6. The van der Waals surface area contributed by atoms with Crippen LogP contribution in [-0.2, 0) is 6.42 Å². The van der Waals surface area contributed by atoms with Gasteiger partial charge in [-0.25, -0.2) is 4.98 Å². The van der Waals surface area contributed by atoms with Crippen molar-refractivity contribution in [2.24, 2.45) is 5.92 Å². The van der Waals surface area contributed by atoms with Crippen molar-refractivity contribution >= 4 is 17.6 Å². The number of pyridine rings is 2. The first-order chi connectivity index (χ1) is 16.1. The van der Waals surface area contributed by atoms with Crippen LogP contribution in [0, 0.1) is 35.5 Å². The molecule has 1 fully saturated rings. The minimum atomic E-state index is -0.137. The highest BCUT2D eigenvalue weighted by atomic mass is 16.2. The van der Waals surface area contributed by atoms with Gasteiger partial charge in [0.2, 0.25) is 0 Å². The number of nitrogens with zero attached hydrogens (tertiary/aromatic N) is 5. The van der Waals surface area contributed by atoms with Crippen LogP contribution in [0.5, 0.6) is 0 Å². The second-order valence-corrected chi connectivity index (χ2v) is 8.52. The Bertz CT molecular complexity index is 1390. The third kappa shape index (κ3) is 3.88. The zero-order chi connectivity index (χ0) is 22.9. The maximum atomic E-state index is 12.9. The smallest absolute Gasteiger partial charge is 0.272 e. The number of likely N-dealkylation sites (tertiary alicyclic amines) is 1. The Balaban J connectivity index is 1.41. The molecule has 5 rings (SSSR count). The standard InChI is InChI=1S/C27H21N5O/c1-17-9-18(13-28)5-6-23(17)20-10-21-11-22(15-30-26(21)12-20)24-3-2-4-25(31-24)27(33)32-8-7-19(14-29)16-32/h2-6,9-11,15,19H,7-8,12,16H2,1H3. The zero-order valence-electron chi connectivity index (χ0n) is 18.2. The van der Waals surface area contributed by atoms with Gasteiger partial charge in [-0.15, -0.1) is 0 Å². The van der Waals surface area contributed by atoms with Gasteiger partial charge in [-0.1, -0.05) is 12.1 Å². The molecule has 0 spiro atoms. The fraction of sp³-hybridized carbons (Fsp3) is 0.222. The highest BCUT2D eigenvalue weighted by Gasteiger charge is 2.27. The molecule has 1 aliphatic carbocycles. The number of fused-ring (bicyclic) bond motifs is 1. The van der Waals surface area contributed by atoms with E-state index in [0.717, 1.165) is 34.4 Å². The number of rotatable bonds is 3. The number of carbonyl (C=O) groups excluding carboxylic acids is 1. The molecule has 1 amide bonds. The van der Waals surface area contributed by atoms with Gasteiger partial charge in [-0.05, 0) is 72.0 Å². The van der Waals surface area contributed by atoms with E-state index in [1.165, 1.54) is 5.57 Å². The van der Waals surface area contributed by atoms with Crippen LogP contribution in [0.3, 0.4) is 0 Å². The summed E-state index contributed by atoms with van der Waals surface area (Å²) < 4.78 is 0. The number of benzene rings is 1. The summed E-state index contributed by atoms with van der Waals surface area (Å²) in [6.07, 6.45) is 5.40. The minimum Gasteiger partial charge on any atom is -0.336 e. The molecule has 2 aliphatic rings. The van der Waals surface area contributed by atoms with Gasteiger partial charge in [0.1, 0.15) is 5.69 Å². The van der Waals surface area contributed by atoms with Crippen molar-refractivity contribution in [1.29, 1.82) is 10.5 Å². The molecule has 1 atom stereocenters. The van der Waals surface area contributed by atoms with Crippen LogP contribution in [0.2, 0.25) is 0 Å². The van der Waals surface area contributed by atoms with Crippen molar-refractivity contribution in [3.8, 4) is 23.4 Å². The number of hydrogen-bond donors (Lipinski definition) is 0. The van der Waals surface area contributed by atoms with Crippen LogP contribution in [-0.4, -0.2) is 33.9 Å². The Kier molecular flexibility index (Phi) is 5.20. The van der Waals surface area contributed by atoms with Crippen molar-refractivity contribution < 1.29 is 4.79 Å². The number of aromatic nitrogens is 2. The lowest BCUT2D eigenvalue weighted by Crippen LogP contribution is -2.29. The maximum Gasteiger partial charge on any atom is 0.272 e. The van der Waals surface area contributed by atoms with Gasteiger partial charge in [0, 0.05) is 31.3 Å². The molecule has 1 unspecified atom stereocenters. The lowest BCUT2D eigenvalue weighted by molar-refractivity contribution is 0.0784. The number of amides is 1. The largest absolute Gasteiger partial charge is 0.336 e. The monoisotopic (exact) mass is 431 g/mol. The van der Waals surface area contributed by atoms with Crippen molar-refractivity contribution in [3.63, 3.8) is 0 Å². The Morgan fingerprint density at radius 2 is 2.06 bits per heavy atom. The van der Waals surface area contributed by atoms with Crippen molar-refractivity contribution in [3.05, 3.63) is 82.3 Å². The number of aryl methyl sites for hydroxylation is 1. The van der Waals surface area contributed by atoms with E-state index in [1.54, 1.807) is 17.2 Å². The molecule has 1 saturated heterocycles. The Morgan fingerprint density at radius 1 is 1.18 bits per heavy atom. The normalized spacial score (nSPS) is 16.6. The number of allylic oxidation sites excluding steroid dienone is 1. The molecule has 6 heteroatoms. The summed E-state index contributed by atoms with van der Waals surface area (Å²) in [7, 11) is 0. The molecule has 33 heavy (non-hydrogen) atoms. The summed E-state index contributed by atoms with van der Waals surface area (Å²) >= 11 is 0. The molecular weight excluding hydrogens is 410 g/mol. The number of hydrogen-bond acceptors (Lipinski definition) is 5.